The van der Waals surface area contributed by atoms with Crippen molar-refractivity contribution in [2.24, 2.45) is 0 Å². The highest BCUT2D eigenvalue weighted by molar-refractivity contribution is 9.10. The zero-order valence-corrected chi connectivity index (χ0v) is 14.3. The lowest BCUT2D eigenvalue weighted by molar-refractivity contribution is 0.310. The Bertz CT molecular complexity index is 619. The maximum Gasteiger partial charge on any atom is 0.161 e. The highest BCUT2D eigenvalue weighted by Gasteiger charge is 2.07. The summed E-state index contributed by atoms with van der Waals surface area (Å²) in [5, 5.41) is 4.03. The number of anilines is 1. The molecule has 2 rings (SSSR count). The first kappa shape index (κ1) is 16.0. The molecule has 0 aliphatic rings. The van der Waals surface area contributed by atoms with E-state index in [4.69, 9.17) is 21.1 Å². The molecule has 0 radical (unpaired) electrons. The van der Waals surface area contributed by atoms with Crippen LogP contribution in [0.2, 0.25) is 5.02 Å². The van der Waals surface area contributed by atoms with Gasteiger partial charge in [0.1, 0.15) is 0 Å². The Kier molecular flexibility index (Phi) is 5.76. The van der Waals surface area contributed by atoms with Gasteiger partial charge in [0.2, 0.25) is 0 Å². The highest BCUT2D eigenvalue weighted by atomic mass is 79.9. The van der Waals surface area contributed by atoms with Gasteiger partial charge in [-0.15, -0.1) is 0 Å². The van der Waals surface area contributed by atoms with Crippen LogP contribution in [0.15, 0.2) is 40.9 Å². The van der Waals surface area contributed by atoms with Crippen LogP contribution in [0.1, 0.15) is 12.5 Å². The SMILES string of the molecule is CCOc1ccc(CNc2cccc(Cl)c2Br)cc1OC. The largest absolute Gasteiger partial charge is 0.493 e. The first-order chi connectivity index (χ1) is 10.2. The Morgan fingerprint density at radius 1 is 1.19 bits per heavy atom. The van der Waals surface area contributed by atoms with Crippen molar-refractivity contribution in [3.63, 3.8) is 0 Å². The average Bonchev–Trinajstić information content (AvgIpc) is 2.50. The maximum absolute atomic E-state index is 6.08. The van der Waals surface area contributed by atoms with Crippen LogP contribution in [0.25, 0.3) is 0 Å². The van der Waals surface area contributed by atoms with Crippen molar-refractivity contribution in [2.75, 3.05) is 19.0 Å². The zero-order chi connectivity index (χ0) is 15.2. The summed E-state index contributed by atoms with van der Waals surface area (Å²) < 4.78 is 11.7. The van der Waals surface area contributed by atoms with Gasteiger partial charge in [-0.25, -0.2) is 0 Å². The van der Waals surface area contributed by atoms with Crippen LogP contribution in [-0.4, -0.2) is 13.7 Å². The molecule has 0 atom stereocenters. The first-order valence-electron chi connectivity index (χ1n) is 6.63. The maximum atomic E-state index is 6.08. The number of halogens is 2. The van der Waals surface area contributed by atoms with Crippen LogP contribution in [0.4, 0.5) is 5.69 Å². The van der Waals surface area contributed by atoms with Gasteiger partial charge in [0.15, 0.2) is 11.5 Å². The molecule has 2 aromatic rings. The smallest absolute Gasteiger partial charge is 0.161 e. The van der Waals surface area contributed by atoms with Crippen LogP contribution >= 0.6 is 27.5 Å². The molecule has 1 N–H and O–H groups in total. The molecule has 0 aliphatic heterocycles. The van der Waals surface area contributed by atoms with E-state index >= 15 is 0 Å². The summed E-state index contributed by atoms with van der Waals surface area (Å²) >= 11 is 9.55. The normalized spacial score (nSPS) is 10.3. The standard InChI is InChI=1S/C16H17BrClNO2/c1-3-21-14-8-7-11(9-15(14)20-2)10-19-13-6-4-5-12(18)16(13)17/h4-9,19H,3,10H2,1-2H3. The molecule has 0 saturated carbocycles. The number of hydrogen-bond donors (Lipinski definition) is 1. The lowest BCUT2D eigenvalue weighted by Crippen LogP contribution is -2.02. The first-order valence-corrected chi connectivity index (χ1v) is 7.80. The van der Waals surface area contributed by atoms with E-state index in [1.54, 1.807) is 7.11 Å². The summed E-state index contributed by atoms with van der Waals surface area (Å²) in [6, 6.07) is 11.6. The van der Waals surface area contributed by atoms with E-state index in [-0.39, 0.29) is 0 Å². The van der Waals surface area contributed by atoms with E-state index in [2.05, 4.69) is 21.2 Å². The molecule has 0 heterocycles. The molecule has 0 unspecified atom stereocenters. The predicted molar refractivity (Wildman–Crippen MR) is 90.6 cm³/mol. The van der Waals surface area contributed by atoms with E-state index in [1.807, 2.05) is 43.3 Å². The highest BCUT2D eigenvalue weighted by Crippen LogP contribution is 2.31. The zero-order valence-electron chi connectivity index (χ0n) is 12.0. The van der Waals surface area contributed by atoms with Gasteiger partial charge < -0.3 is 14.8 Å². The lowest BCUT2D eigenvalue weighted by Gasteiger charge is -2.13. The van der Waals surface area contributed by atoms with Crippen molar-refractivity contribution < 1.29 is 9.47 Å². The molecular formula is C16H17BrClNO2. The van der Waals surface area contributed by atoms with Crippen molar-refractivity contribution in [2.45, 2.75) is 13.5 Å². The Hall–Kier alpha value is -1.39. The minimum absolute atomic E-state index is 0.615. The Morgan fingerprint density at radius 2 is 2.00 bits per heavy atom. The molecule has 0 aromatic heterocycles. The van der Waals surface area contributed by atoms with E-state index in [1.165, 1.54) is 0 Å². The molecule has 0 saturated heterocycles. The number of hydrogen-bond acceptors (Lipinski definition) is 3. The predicted octanol–water partition coefficient (Wildman–Crippen LogP) is 5.12. The summed E-state index contributed by atoms with van der Waals surface area (Å²) in [5.41, 5.74) is 2.05. The summed E-state index contributed by atoms with van der Waals surface area (Å²) in [6.07, 6.45) is 0. The van der Waals surface area contributed by atoms with Crippen LogP contribution < -0.4 is 14.8 Å². The van der Waals surface area contributed by atoms with Crippen molar-refractivity contribution in [1.82, 2.24) is 0 Å². The van der Waals surface area contributed by atoms with Crippen molar-refractivity contribution in [3.05, 3.63) is 51.5 Å². The lowest BCUT2D eigenvalue weighted by atomic mass is 10.2. The number of ether oxygens (including phenoxy) is 2. The van der Waals surface area contributed by atoms with Gasteiger partial charge in [-0.1, -0.05) is 23.7 Å². The van der Waals surface area contributed by atoms with Gasteiger partial charge in [-0.05, 0) is 52.7 Å². The molecule has 0 spiro atoms. The molecule has 3 nitrogen and oxygen atoms in total. The van der Waals surface area contributed by atoms with Crippen LogP contribution in [0.3, 0.4) is 0 Å². The number of methoxy groups -OCH3 is 1. The van der Waals surface area contributed by atoms with Gasteiger partial charge in [0, 0.05) is 6.54 Å². The van der Waals surface area contributed by atoms with Crippen molar-refractivity contribution in [3.8, 4) is 11.5 Å². The minimum atomic E-state index is 0.615. The summed E-state index contributed by atoms with van der Waals surface area (Å²) in [7, 11) is 1.64. The fourth-order valence-electron chi connectivity index (χ4n) is 1.93. The van der Waals surface area contributed by atoms with Gasteiger partial charge in [-0.2, -0.15) is 0 Å². The van der Waals surface area contributed by atoms with Crippen LogP contribution in [0.5, 0.6) is 11.5 Å². The van der Waals surface area contributed by atoms with Crippen LogP contribution in [-0.2, 0) is 6.54 Å². The fraction of sp³-hybridized carbons (Fsp3) is 0.250. The van der Waals surface area contributed by atoms with E-state index in [0.29, 0.717) is 18.2 Å². The van der Waals surface area contributed by atoms with Gasteiger partial charge in [0.05, 0.1) is 28.9 Å². The second-order valence-electron chi connectivity index (χ2n) is 4.37. The second-order valence-corrected chi connectivity index (χ2v) is 5.57. The van der Waals surface area contributed by atoms with Gasteiger partial charge >= 0.3 is 0 Å². The molecule has 5 heteroatoms. The molecule has 0 amide bonds. The topological polar surface area (TPSA) is 30.5 Å². The van der Waals surface area contributed by atoms with Gasteiger partial charge in [-0.3, -0.25) is 0 Å². The fourth-order valence-corrected chi connectivity index (χ4v) is 2.51. The third-order valence-electron chi connectivity index (χ3n) is 2.96. The van der Waals surface area contributed by atoms with Crippen molar-refractivity contribution >= 4 is 33.2 Å². The summed E-state index contributed by atoms with van der Waals surface area (Å²) in [6.45, 7) is 3.23. The molecule has 0 aliphatic carbocycles. The van der Waals surface area contributed by atoms with E-state index < -0.39 is 0 Å². The average molecular weight is 371 g/mol. The summed E-state index contributed by atoms with van der Waals surface area (Å²) in [4.78, 5) is 0. The molecule has 21 heavy (non-hydrogen) atoms. The van der Waals surface area contributed by atoms with Crippen molar-refractivity contribution in [1.29, 1.82) is 0 Å². The molecule has 2 aromatic carbocycles. The number of nitrogens with one attached hydrogen (secondary N) is 1. The third-order valence-corrected chi connectivity index (χ3v) is 4.36. The Labute approximate surface area is 138 Å². The Morgan fingerprint density at radius 3 is 2.71 bits per heavy atom. The molecular weight excluding hydrogens is 354 g/mol. The Balaban J connectivity index is 2.11. The second kappa shape index (κ2) is 7.57. The summed E-state index contributed by atoms with van der Waals surface area (Å²) in [5.74, 6) is 1.49. The van der Waals surface area contributed by atoms with E-state index in [0.717, 1.165) is 27.2 Å². The third kappa shape index (κ3) is 4.05. The molecule has 0 bridgehead atoms. The van der Waals surface area contributed by atoms with E-state index in [9.17, 15) is 0 Å². The van der Waals surface area contributed by atoms with Crippen LogP contribution in [0, 0.1) is 0 Å². The number of benzene rings is 2. The molecule has 112 valence electrons. The quantitative estimate of drug-likeness (QED) is 0.765. The number of rotatable bonds is 6. The minimum Gasteiger partial charge on any atom is -0.493 e. The molecule has 0 fully saturated rings. The monoisotopic (exact) mass is 369 g/mol. The van der Waals surface area contributed by atoms with Gasteiger partial charge in [0.25, 0.3) is 0 Å².